The predicted octanol–water partition coefficient (Wildman–Crippen LogP) is 3.31. The smallest absolute Gasteiger partial charge is 0.232 e. The summed E-state index contributed by atoms with van der Waals surface area (Å²) in [5.41, 5.74) is 2.72. The number of nitrogens with one attached hydrogen (secondary N) is 2. The van der Waals surface area contributed by atoms with E-state index in [9.17, 15) is 0 Å². The summed E-state index contributed by atoms with van der Waals surface area (Å²) in [6.07, 6.45) is 4.59. The molecule has 0 bridgehead atoms. The van der Waals surface area contributed by atoms with E-state index in [1.165, 1.54) is 30.4 Å². The van der Waals surface area contributed by atoms with E-state index in [1.54, 1.807) is 7.11 Å². The Morgan fingerprint density at radius 2 is 1.70 bits per heavy atom. The van der Waals surface area contributed by atoms with Gasteiger partial charge in [0, 0.05) is 52.5 Å². The molecule has 2 N–H and O–H groups in total. The minimum atomic E-state index is 0.539. The molecule has 0 atom stereocenters. The number of rotatable bonds is 7. The van der Waals surface area contributed by atoms with Crippen LogP contribution in [0, 0.1) is 0 Å². The van der Waals surface area contributed by atoms with Crippen LogP contribution in [0.5, 0.6) is 0 Å². The molecule has 8 heteroatoms. The molecule has 1 aromatic heterocycles. The number of aromatic nitrogens is 2. The van der Waals surface area contributed by atoms with Crippen molar-refractivity contribution < 1.29 is 4.74 Å². The fourth-order valence-electron chi connectivity index (χ4n) is 3.98. The summed E-state index contributed by atoms with van der Waals surface area (Å²) in [6.45, 7) is 5.26. The maximum Gasteiger partial charge on any atom is 0.232 e. The molecule has 7 nitrogen and oxygen atoms in total. The third kappa shape index (κ3) is 5.17. The molecular formula is C22H30N6OS. The van der Waals surface area contributed by atoms with Crippen molar-refractivity contribution in [1.82, 2.24) is 15.3 Å². The zero-order chi connectivity index (χ0) is 20.8. The molecule has 2 aromatic rings. The number of nitrogens with zero attached hydrogens (tertiary/aromatic N) is 4. The third-order valence-corrected chi connectivity index (χ3v) is 5.83. The van der Waals surface area contributed by atoms with E-state index in [-0.39, 0.29) is 0 Å². The molecule has 0 unspecified atom stereocenters. The van der Waals surface area contributed by atoms with Crippen LogP contribution < -0.4 is 20.4 Å². The molecule has 0 saturated carbocycles. The number of methoxy groups -OCH3 is 1. The van der Waals surface area contributed by atoms with Crippen molar-refractivity contribution in [2.24, 2.45) is 0 Å². The van der Waals surface area contributed by atoms with Crippen molar-refractivity contribution in [1.29, 1.82) is 0 Å². The molecule has 1 aromatic carbocycles. The number of fused-ring (bicyclic) bond motifs is 1. The highest BCUT2D eigenvalue weighted by atomic mass is 32.1. The highest BCUT2D eigenvalue weighted by Crippen LogP contribution is 2.30. The number of anilines is 3. The van der Waals surface area contributed by atoms with Crippen molar-refractivity contribution in [3.63, 3.8) is 0 Å². The fraction of sp³-hybridized carbons (Fsp3) is 0.500. The van der Waals surface area contributed by atoms with E-state index in [1.807, 2.05) is 0 Å². The van der Waals surface area contributed by atoms with Crippen LogP contribution in [0.1, 0.15) is 36.8 Å². The van der Waals surface area contributed by atoms with Gasteiger partial charge in [-0.15, -0.1) is 0 Å². The van der Waals surface area contributed by atoms with Crippen molar-refractivity contribution in [2.45, 2.75) is 38.8 Å². The summed E-state index contributed by atoms with van der Waals surface area (Å²) < 4.78 is 5.08. The number of benzene rings is 1. The lowest BCUT2D eigenvalue weighted by atomic mass is 10.1. The monoisotopic (exact) mass is 426 g/mol. The Morgan fingerprint density at radius 1 is 1.03 bits per heavy atom. The van der Waals surface area contributed by atoms with Gasteiger partial charge >= 0.3 is 0 Å². The fourth-order valence-corrected chi connectivity index (χ4v) is 4.18. The van der Waals surface area contributed by atoms with E-state index in [4.69, 9.17) is 26.9 Å². The Labute approximate surface area is 183 Å². The van der Waals surface area contributed by atoms with Gasteiger partial charge in [-0.05, 0) is 49.0 Å². The van der Waals surface area contributed by atoms with Gasteiger partial charge in [0.15, 0.2) is 5.11 Å². The Balaban J connectivity index is 1.52. The molecule has 160 valence electrons. The lowest BCUT2D eigenvalue weighted by Crippen LogP contribution is -2.33. The van der Waals surface area contributed by atoms with Crippen LogP contribution >= 0.6 is 12.2 Å². The van der Waals surface area contributed by atoms with Crippen LogP contribution in [0.2, 0.25) is 0 Å². The number of ether oxygens (including phenoxy) is 1. The van der Waals surface area contributed by atoms with Crippen LogP contribution in [-0.4, -0.2) is 48.4 Å². The third-order valence-electron chi connectivity index (χ3n) is 5.58. The second kappa shape index (κ2) is 10.0. The highest BCUT2D eigenvalue weighted by molar-refractivity contribution is 7.80. The zero-order valence-electron chi connectivity index (χ0n) is 17.6. The number of hydrogen-bond donors (Lipinski definition) is 2. The van der Waals surface area contributed by atoms with Gasteiger partial charge in [-0.2, -0.15) is 9.97 Å². The van der Waals surface area contributed by atoms with Crippen LogP contribution in [0.4, 0.5) is 17.6 Å². The Morgan fingerprint density at radius 3 is 2.37 bits per heavy atom. The minimum Gasteiger partial charge on any atom is -0.385 e. The van der Waals surface area contributed by atoms with Gasteiger partial charge in [-0.25, -0.2) is 0 Å². The topological polar surface area (TPSA) is 65.6 Å². The van der Waals surface area contributed by atoms with E-state index in [0.717, 1.165) is 50.8 Å². The molecule has 0 radical (unpaired) electrons. The van der Waals surface area contributed by atoms with Crippen molar-refractivity contribution in [3.8, 4) is 0 Å². The first-order valence-electron chi connectivity index (χ1n) is 10.7. The molecule has 3 heterocycles. The van der Waals surface area contributed by atoms with Crippen LogP contribution in [0.3, 0.4) is 0 Å². The molecule has 0 amide bonds. The summed E-state index contributed by atoms with van der Waals surface area (Å²) >= 11 is 5.45. The Hall–Kier alpha value is -2.45. The summed E-state index contributed by atoms with van der Waals surface area (Å²) in [6, 6.07) is 10.7. The van der Waals surface area contributed by atoms with Crippen LogP contribution in [0.15, 0.2) is 30.3 Å². The molecule has 1 fully saturated rings. The lowest BCUT2D eigenvalue weighted by Gasteiger charge is -2.29. The van der Waals surface area contributed by atoms with E-state index in [2.05, 4.69) is 50.8 Å². The van der Waals surface area contributed by atoms with Gasteiger partial charge in [0.1, 0.15) is 11.6 Å². The lowest BCUT2D eigenvalue weighted by molar-refractivity contribution is 0.196. The van der Waals surface area contributed by atoms with Crippen LogP contribution in [0.25, 0.3) is 0 Å². The summed E-state index contributed by atoms with van der Waals surface area (Å²) in [5, 5.41) is 6.93. The molecule has 30 heavy (non-hydrogen) atoms. The van der Waals surface area contributed by atoms with E-state index in [0.29, 0.717) is 17.7 Å². The minimum absolute atomic E-state index is 0.539. The average molecular weight is 427 g/mol. The summed E-state index contributed by atoms with van der Waals surface area (Å²) in [7, 11) is 1.70. The first-order valence-corrected chi connectivity index (χ1v) is 11.1. The van der Waals surface area contributed by atoms with Crippen molar-refractivity contribution in [3.05, 3.63) is 41.5 Å². The van der Waals surface area contributed by atoms with Gasteiger partial charge in [-0.3, -0.25) is 0 Å². The largest absolute Gasteiger partial charge is 0.385 e. The molecule has 0 spiro atoms. The van der Waals surface area contributed by atoms with E-state index >= 15 is 0 Å². The SMILES string of the molecule is COCCCNC(=S)Nc1nc(N2CCCCC2)cc(N2Cc3ccccc3C2)n1. The van der Waals surface area contributed by atoms with Gasteiger partial charge in [0.2, 0.25) is 5.95 Å². The maximum atomic E-state index is 5.45. The molecule has 1 saturated heterocycles. The molecule has 2 aliphatic heterocycles. The number of piperidine rings is 1. The number of thiocarbonyl (C=S) groups is 1. The zero-order valence-corrected chi connectivity index (χ0v) is 18.4. The molecule has 4 rings (SSSR count). The Bertz CT molecular complexity index is 845. The molecule has 0 aliphatic carbocycles. The van der Waals surface area contributed by atoms with E-state index < -0.39 is 0 Å². The van der Waals surface area contributed by atoms with Crippen molar-refractivity contribution >= 4 is 34.9 Å². The molecular weight excluding hydrogens is 396 g/mol. The maximum absolute atomic E-state index is 5.45. The second-order valence-corrected chi connectivity index (χ2v) is 8.22. The first kappa shape index (κ1) is 20.8. The highest BCUT2D eigenvalue weighted by Gasteiger charge is 2.22. The number of hydrogen-bond acceptors (Lipinski definition) is 6. The summed E-state index contributed by atoms with van der Waals surface area (Å²) in [5.74, 6) is 2.46. The van der Waals surface area contributed by atoms with Gasteiger partial charge < -0.3 is 25.2 Å². The van der Waals surface area contributed by atoms with Gasteiger partial charge in [0.25, 0.3) is 0 Å². The molecule has 2 aliphatic rings. The Kier molecular flexibility index (Phi) is 6.96. The quantitative estimate of drug-likeness (QED) is 0.516. The summed E-state index contributed by atoms with van der Waals surface area (Å²) in [4.78, 5) is 14.3. The van der Waals surface area contributed by atoms with Gasteiger partial charge in [-0.1, -0.05) is 24.3 Å². The van der Waals surface area contributed by atoms with Crippen LogP contribution in [-0.2, 0) is 17.8 Å². The normalized spacial score (nSPS) is 15.8. The first-order chi connectivity index (χ1) is 14.7. The second-order valence-electron chi connectivity index (χ2n) is 7.81. The van der Waals surface area contributed by atoms with Gasteiger partial charge in [0.05, 0.1) is 0 Å². The van der Waals surface area contributed by atoms with Crippen molar-refractivity contribution in [2.75, 3.05) is 48.5 Å². The average Bonchev–Trinajstić information content (AvgIpc) is 3.22. The standard InChI is InChI=1S/C22H30N6OS/c1-29-13-7-10-23-22(30)26-21-24-19(27-11-5-2-6-12-27)14-20(25-21)28-15-17-8-3-4-9-18(17)16-28/h3-4,8-9,14H,2,5-7,10-13,15-16H2,1H3,(H2,23,24,25,26,30). The predicted molar refractivity (Wildman–Crippen MR) is 125 cm³/mol.